The number of benzene rings is 2. The Kier molecular flexibility index (Phi) is 6.06. The van der Waals surface area contributed by atoms with E-state index in [0.29, 0.717) is 30.9 Å². The molecule has 0 saturated heterocycles. The average Bonchev–Trinajstić information content (AvgIpc) is 3.23. The lowest BCUT2D eigenvalue weighted by Gasteiger charge is -2.20. The van der Waals surface area contributed by atoms with Crippen molar-refractivity contribution in [2.24, 2.45) is 0 Å². The van der Waals surface area contributed by atoms with E-state index in [1.54, 1.807) is 12.1 Å². The summed E-state index contributed by atoms with van der Waals surface area (Å²) in [6, 6.07) is 11.1. The van der Waals surface area contributed by atoms with Gasteiger partial charge in [-0.1, -0.05) is 12.1 Å². The van der Waals surface area contributed by atoms with Gasteiger partial charge in [-0.25, -0.2) is 13.2 Å². The molecule has 3 aromatic rings. The van der Waals surface area contributed by atoms with Crippen LogP contribution < -0.4 is 10.1 Å². The number of fused-ring (bicyclic) bond motifs is 1. The number of aryl methyl sites for hydroxylation is 1. The zero-order valence-electron chi connectivity index (χ0n) is 15.8. The van der Waals surface area contributed by atoms with Crippen molar-refractivity contribution in [3.05, 3.63) is 75.9 Å². The third kappa shape index (κ3) is 4.49. The molecule has 4 rings (SSSR count). The molecule has 0 radical (unpaired) electrons. The van der Waals surface area contributed by atoms with Crippen LogP contribution >= 0.6 is 11.3 Å². The molecule has 0 atom stereocenters. The Morgan fingerprint density at radius 3 is 2.70 bits per heavy atom. The number of hydrogen-bond donors (Lipinski definition) is 1. The first-order chi connectivity index (χ1) is 14.5. The van der Waals surface area contributed by atoms with E-state index in [2.05, 4.69) is 5.32 Å². The van der Waals surface area contributed by atoms with E-state index < -0.39 is 17.5 Å². The fourth-order valence-corrected chi connectivity index (χ4v) is 4.18. The summed E-state index contributed by atoms with van der Waals surface area (Å²) in [4.78, 5) is 13.7. The fourth-order valence-electron chi connectivity index (χ4n) is 3.24. The van der Waals surface area contributed by atoms with Crippen molar-refractivity contribution in [1.82, 2.24) is 5.32 Å². The number of carbonyl (C=O) groups is 1. The minimum atomic E-state index is -1.49. The molecule has 0 aliphatic carbocycles. The van der Waals surface area contributed by atoms with Gasteiger partial charge in [0, 0.05) is 21.7 Å². The van der Waals surface area contributed by atoms with Crippen molar-refractivity contribution in [2.75, 3.05) is 6.79 Å². The molecule has 1 N–H and O–H groups in total. The zero-order chi connectivity index (χ0) is 21.1. The lowest BCUT2D eigenvalue weighted by molar-refractivity contribution is -0.121. The fraction of sp³-hybridized carbons (Fsp3) is 0.227. The van der Waals surface area contributed by atoms with E-state index in [4.69, 9.17) is 9.47 Å². The highest BCUT2D eigenvalue weighted by molar-refractivity contribution is 7.15. The minimum absolute atomic E-state index is 0.112. The molecule has 1 aliphatic heterocycles. The first-order valence-corrected chi connectivity index (χ1v) is 10.1. The summed E-state index contributed by atoms with van der Waals surface area (Å²) in [6.07, 6.45) is 0.870. The summed E-state index contributed by atoms with van der Waals surface area (Å²) in [5.74, 6) is -3.27. The maximum Gasteiger partial charge on any atom is 0.220 e. The second-order valence-electron chi connectivity index (χ2n) is 6.80. The number of amides is 1. The smallest absolute Gasteiger partial charge is 0.220 e. The molecule has 0 saturated carbocycles. The van der Waals surface area contributed by atoms with E-state index in [9.17, 15) is 18.0 Å². The lowest BCUT2D eigenvalue weighted by atomic mass is 10.0. The molecular weight excluding hydrogens is 415 g/mol. The largest absolute Gasteiger partial charge is 0.467 e. The lowest BCUT2D eigenvalue weighted by Crippen LogP contribution is -2.23. The van der Waals surface area contributed by atoms with Crippen LogP contribution in [-0.2, 0) is 29.1 Å². The topological polar surface area (TPSA) is 47.6 Å². The van der Waals surface area contributed by atoms with Crippen LogP contribution in [-0.4, -0.2) is 12.7 Å². The third-order valence-corrected chi connectivity index (χ3v) is 5.92. The van der Waals surface area contributed by atoms with Crippen LogP contribution in [0.5, 0.6) is 5.75 Å². The molecule has 1 amide bonds. The van der Waals surface area contributed by atoms with Crippen molar-refractivity contribution in [3.8, 4) is 16.2 Å². The van der Waals surface area contributed by atoms with Gasteiger partial charge in [0.1, 0.15) is 5.75 Å². The van der Waals surface area contributed by atoms with E-state index in [1.807, 2.05) is 18.2 Å². The molecule has 4 nitrogen and oxygen atoms in total. The van der Waals surface area contributed by atoms with E-state index in [0.717, 1.165) is 33.9 Å². The highest BCUT2D eigenvalue weighted by Gasteiger charge is 2.16. The summed E-state index contributed by atoms with van der Waals surface area (Å²) in [5, 5.41) is 2.85. The molecule has 0 spiro atoms. The van der Waals surface area contributed by atoms with Crippen LogP contribution in [0.15, 0.2) is 42.5 Å². The van der Waals surface area contributed by atoms with Gasteiger partial charge in [0.05, 0.1) is 13.2 Å². The molecule has 156 valence electrons. The Balaban J connectivity index is 1.33. The van der Waals surface area contributed by atoms with Crippen molar-refractivity contribution in [2.45, 2.75) is 26.0 Å². The first kappa shape index (κ1) is 20.4. The number of carbonyl (C=O) groups excluding carboxylic acids is 1. The van der Waals surface area contributed by atoms with Crippen molar-refractivity contribution < 1.29 is 27.4 Å². The number of ether oxygens (including phenoxy) is 2. The van der Waals surface area contributed by atoms with Gasteiger partial charge in [-0.15, -0.1) is 11.3 Å². The highest BCUT2D eigenvalue weighted by Crippen LogP contribution is 2.30. The van der Waals surface area contributed by atoms with Gasteiger partial charge in [-0.3, -0.25) is 4.79 Å². The number of halogens is 3. The van der Waals surface area contributed by atoms with Crippen LogP contribution in [0, 0.1) is 17.5 Å². The Morgan fingerprint density at radius 1 is 1.10 bits per heavy atom. The first-order valence-electron chi connectivity index (χ1n) is 9.33. The predicted molar refractivity (Wildman–Crippen MR) is 107 cm³/mol. The molecule has 8 heteroatoms. The Labute approximate surface area is 175 Å². The van der Waals surface area contributed by atoms with Gasteiger partial charge in [-0.2, -0.15) is 0 Å². The monoisotopic (exact) mass is 433 g/mol. The molecule has 2 heterocycles. The van der Waals surface area contributed by atoms with Gasteiger partial charge >= 0.3 is 0 Å². The van der Waals surface area contributed by atoms with Gasteiger partial charge in [0.25, 0.3) is 0 Å². The molecule has 1 aliphatic rings. The Bertz CT molecular complexity index is 1060. The second-order valence-corrected chi connectivity index (χ2v) is 7.97. The highest BCUT2D eigenvalue weighted by atomic mass is 32.1. The Hall–Kier alpha value is -2.84. The Morgan fingerprint density at radius 2 is 1.90 bits per heavy atom. The minimum Gasteiger partial charge on any atom is -0.467 e. The van der Waals surface area contributed by atoms with Gasteiger partial charge in [0.15, 0.2) is 24.2 Å². The van der Waals surface area contributed by atoms with Crippen LogP contribution in [0.25, 0.3) is 10.4 Å². The molecule has 0 unspecified atom stereocenters. The number of hydrogen-bond acceptors (Lipinski definition) is 4. The van der Waals surface area contributed by atoms with Crippen LogP contribution in [0.4, 0.5) is 13.2 Å². The van der Waals surface area contributed by atoms with E-state index >= 15 is 0 Å². The quantitative estimate of drug-likeness (QED) is 0.560. The van der Waals surface area contributed by atoms with Gasteiger partial charge in [0.2, 0.25) is 5.91 Å². The average molecular weight is 433 g/mol. The number of thiophene rings is 1. The van der Waals surface area contributed by atoms with Crippen molar-refractivity contribution >= 4 is 17.2 Å². The maximum absolute atomic E-state index is 13.4. The summed E-state index contributed by atoms with van der Waals surface area (Å²) < 4.78 is 50.8. The third-order valence-electron chi connectivity index (χ3n) is 4.79. The predicted octanol–water partition coefficient (Wildman–Crippen LogP) is 4.95. The summed E-state index contributed by atoms with van der Waals surface area (Å²) in [6.45, 7) is 1.00. The molecule has 1 aromatic heterocycles. The van der Waals surface area contributed by atoms with Gasteiger partial charge < -0.3 is 14.8 Å². The normalized spacial score (nSPS) is 12.9. The van der Waals surface area contributed by atoms with Crippen LogP contribution in [0.2, 0.25) is 0 Å². The molecule has 0 bridgehead atoms. The molecule has 30 heavy (non-hydrogen) atoms. The maximum atomic E-state index is 13.4. The van der Waals surface area contributed by atoms with Crippen molar-refractivity contribution in [1.29, 1.82) is 0 Å². The summed E-state index contributed by atoms with van der Waals surface area (Å²) >= 11 is 1.28. The summed E-state index contributed by atoms with van der Waals surface area (Å²) in [5.41, 5.74) is 2.24. The van der Waals surface area contributed by atoms with E-state index in [1.165, 1.54) is 11.3 Å². The SMILES string of the molecule is O=C(CCc1cccc2c1COCO2)NCc1ccc(-c2cc(F)c(F)c(F)c2)s1. The molecule has 2 aromatic carbocycles. The van der Waals surface area contributed by atoms with Crippen LogP contribution in [0.3, 0.4) is 0 Å². The van der Waals surface area contributed by atoms with Crippen molar-refractivity contribution in [3.63, 3.8) is 0 Å². The standard InChI is InChI=1S/C22H18F3NO3S/c23-17-8-14(9-18(24)22(17)25)20-6-5-15(30-20)10-26-21(27)7-4-13-2-1-3-19-16(13)11-28-12-29-19/h1-3,5-6,8-9H,4,7,10-12H2,(H,26,27). The zero-order valence-corrected chi connectivity index (χ0v) is 16.7. The number of rotatable bonds is 6. The second kappa shape index (κ2) is 8.89. The van der Waals surface area contributed by atoms with E-state index in [-0.39, 0.29) is 18.3 Å². The molecular formula is C22H18F3NO3S. The summed E-state index contributed by atoms with van der Waals surface area (Å²) in [7, 11) is 0. The molecule has 0 fully saturated rings. The number of nitrogens with one attached hydrogen (secondary N) is 1. The van der Waals surface area contributed by atoms with Crippen LogP contribution in [0.1, 0.15) is 22.4 Å². The van der Waals surface area contributed by atoms with Gasteiger partial charge in [-0.05, 0) is 47.9 Å².